The second-order valence-corrected chi connectivity index (χ2v) is 3.85. The third-order valence-electron chi connectivity index (χ3n) is 2.31. The molecule has 2 aromatic carbocycles. The summed E-state index contributed by atoms with van der Waals surface area (Å²) in [6.07, 6.45) is 0. The average molecular weight is 280 g/mol. The van der Waals surface area contributed by atoms with Crippen molar-refractivity contribution < 1.29 is 28.9 Å². The maximum absolute atomic E-state index is 12.3. The van der Waals surface area contributed by atoms with E-state index in [1.807, 2.05) is 0 Å². The van der Waals surface area contributed by atoms with Crippen molar-refractivity contribution in [1.82, 2.24) is 0 Å². The predicted octanol–water partition coefficient (Wildman–Crippen LogP) is -0.989. The van der Waals surface area contributed by atoms with Gasteiger partial charge in [0, 0.05) is 0 Å². The normalized spacial score (nSPS) is 9.50. The Labute approximate surface area is 115 Å². The first kappa shape index (κ1) is 16.3. The van der Waals surface area contributed by atoms with Crippen LogP contribution in [0.25, 0.3) is 0 Å². The molecule has 0 heterocycles. The van der Waals surface area contributed by atoms with Crippen molar-refractivity contribution in [3.63, 3.8) is 0 Å². The van der Waals surface area contributed by atoms with Gasteiger partial charge in [0.1, 0.15) is 11.6 Å². The molecule has 20 heavy (non-hydrogen) atoms. The van der Waals surface area contributed by atoms with Gasteiger partial charge in [-0.25, -0.2) is 8.78 Å². The fourth-order valence-electron chi connectivity index (χ4n) is 1.30. The van der Waals surface area contributed by atoms with Crippen molar-refractivity contribution in [3.8, 4) is 0 Å². The van der Waals surface area contributed by atoms with Crippen molar-refractivity contribution in [2.24, 2.45) is 0 Å². The zero-order chi connectivity index (χ0) is 15.1. The van der Waals surface area contributed by atoms with E-state index in [0.717, 1.165) is 6.07 Å². The molecule has 0 unspecified atom stereocenters. The van der Waals surface area contributed by atoms with E-state index in [-0.39, 0.29) is 11.3 Å². The number of rotatable bonds is 2. The highest BCUT2D eigenvalue weighted by Crippen LogP contribution is 1.93. The standard InChI is InChI=1S/2C6H6BFO2/c8-6-3-1-5(2-4-6)7(9)10;8-6-3-1-2-5(4-6)7(9)10/h2*1-4,9-10H. The number of hydrogen-bond acceptors (Lipinski definition) is 4. The van der Waals surface area contributed by atoms with Crippen LogP contribution in [0.1, 0.15) is 0 Å². The molecule has 0 saturated carbocycles. The molecule has 4 nitrogen and oxygen atoms in total. The van der Waals surface area contributed by atoms with Crippen LogP contribution in [-0.4, -0.2) is 34.3 Å². The smallest absolute Gasteiger partial charge is 0.423 e. The summed E-state index contributed by atoms with van der Waals surface area (Å²) in [4.78, 5) is 0. The Morgan fingerprint density at radius 1 is 0.650 bits per heavy atom. The minimum Gasteiger partial charge on any atom is -0.423 e. The van der Waals surface area contributed by atoms with E-state index in [2.05, 4.69) is 0 Å². The summed E-state index contributed by atoms with van der Waals surface area (Å²) in [5, 5.41) is 34.2. The molecule has 4 N–H and O–H groups in total. The topological polar surface area (TPSA) is 80.9 Å². The first-order chi connectivity index (χ1) is 9.40. The summed E-state index contributed by atoms with van der Waals surface area (Å²) in [6.45, 7) is 0. The molecular formula is C12H12B2F2O4. The molecule has 0 atom stereocenters. The van der Waals surface area contributed by atoms with Gasteiger partial charge in [-0.2, -0.15) is 0 Å². The second kappa shape index (κ2) is 7.76. The van der Waals surface area contributed by atoms with Crippen LogP contribution in [0, 0.1) is 11.6 Å². The molecule has 104 valence electrons. The van der Waals surface area contributed by atoms with E-state index in [1.54, 1.807) is 0 Å². The molecule has 0 radical (unpaired) electrons. The van der Waals surface area contributed by atoms with E-state index in [1.165, 1.54) is 42.5 Å². The average Bonchev–Trinajstić information content (AvgIpc) is 2.40. The van der Waals surface area contributed by atoms with E-state index in [9.17, 15) is 8.78 Å². The van der Waals surface area contributed by atoms with Crippen LogP contribution in [0.4, 0.5) is 8.78 Å². The van der Waals surface area contributed by atoms with E-state index >= 15 is 0 Å². The molecule has 0 amide bonds. The lowest BCUT2D eigenvalue weighted by atomic mass is 9.80. The molecule has 0 saturated heterocycles. The minimum absolute atomic E-state index is 0.167. The third-order valence-corrected chi connectivity index (χ3v) is 2.31. The van der Waals surface area contributed by atoms with Gasteiger partial charge >= 0.3 is 14.2 Å². The lowest BCUT2D eigenvalue weighted by Crippen LogP contribution is -2.29. The van der Waals surface area contributed by atoms with Crippen LogP contribution in [0.5, 0.6) is 0 Å². The Bertz CT molecular complexity index is 535. The number of benzene rings is 2. The molecule has 0 aliphatic rings. The van der Waals surface area contributed by atoms with E-state index in [0.29, 0.717) is 5.46 Å². The molecular weight excluding hydrogens is 268 g/mol. The van der Waals surface area contributed by atoms with Crippen molar-refractivity contribution in [1.29, 1.82) is 0 Å². The Hall–Kier alpha value is -1.73. The predicted molar refractivity (Wildman–Crippen MR) is 72.5 cm³/mol. The first-order valence-corrected chi connectivity index (χ1v) is 5.63. The quantitative estimate of drug-likeness (QED) is 0.532. The van der Waals surface area contributed by atoms with Gasteiger partial charge < -0.3 is 20.1 Å². The van der Waals surface area contributed by atoms with E-state index in [4.69, 9.17) is 20.1 Å². The summed E-state index contributed by atoms with van der Waals surface area (Å²) in [5.74, 6) is -0.852. The Morgan fingerprint density at radius 3 is 1.60 bits per heavy atom. The highest BCUT2D eigenvalue weighted by molar-refractivity contribution is 6.58. The van der Waals surface area contributed by atoms with Crippen LogP contribution >= 0.6 is 0 Å². The van der Waals surface area contributed by atoms with Gasteiger partial charge in [-0.1, -0.05) is 24.3 Å². The molecule has 0 aromatic heterocycles. The van der Waals surface area contributed by atoms with Gasteiger partial charge in [0.15, 0.2) is 0 Å². The number of hydrogen-bond donors (Lipinski definition) is 4. The zero-order valence-corrected chi connectivity index (χ0v) is 10.3. The summed E-state index contributed by atoms with van der Waals surface area (Å²) in [7, 11) is -3.10. The summed E-state index contributed by atoms with van der Waals surface area (Å²) in [5.41, 5.74) is 0.460. The molecule has 0 fully saturated rings. The molecule has 8 heteroatoms. The Morgan fingerprint density at radius 2 is 1.20 bits per heavy atom. The third kappa shape index (κ3) is 5.50. The summed E-state index contributed by atoms with van der Waals surface area (Å²) >= 11 is 0. The lowest BCUT2D eigenvalue weighted by molar-refractivity contribution is 0.424. The maximum Gasteiger partial charge on any atom is 0.488 e. The number of halogens is 2. The van der Waals surface area contributed by atoms with Gasteiger partial charge in [-0.3, -0.25) is 0 Å². The highest BCUT2D eigenvalue weighted by Gasteiger charge is 2.10. The lowest BCUT2D eigenvalue weighted by Gasteiger charge is -1.96. The Balaban J connectivity index is 0.000000200. The van der Waals surface area contributed by atoms with Crippen LogP contribution < -0.4 is 10.9 Å². The molecule has 2 rings (SSSR count). The van der Waals surface area contributed by atoms with Gasteiger partial charge in [-0.15, -0.1) is 0 Å². The fraction of sp³-hybridized carbons (Fsp3) is 0. The van der Waals surface area contributed by atoms with Crippen molar-refractivity contribution in [2.75, 3.05) is 0 Å². The van der Waals surface area contributed by atoms with Crippen LogP contribution in [0.15, 0.2) is 48.5 Å². The second-order valence-electron chi connectivity index (χ2n) is 3.85. The van der Waals surface area contributed by atoms with Crippen molar-refractivity contribution >= 4 is 25.2 Å². The van der Waals surface area contributed by atoms with E-state index < -0.39 is 20.1 Å². The monoisotopic (exact) mass is 280 g/mol. The molecule has 0 spiro atoms. The van der Waals surface area contributed by atoms with Crippen LogP contribution in [0.2, 0.25) is 0 Å². The molecule has 2 aromatic rings. The van der Waals surface area contributed by atoms with Gasteiger partial charge in [-0.05, 0) is 35.2 Å². The Kier molecular flexibility index (Phi) is 6.33. The largest absolute Gasteiger partial charge is 0.488 e. The van der Waals surface area contributed by atoms with Crippen molar-refractivity contribution in [2.45, 2.75) is 0 Å². The maximum atomic E-state index is 12.3. The zero-order valence-electron chi connectivity index (χ0n) is 10.3. The molecule has 0 aliphatic carbocycles. The van der Waals surface area contributed by atoms with Crippen molar-refractivity contribution in [3.05, 3.63) is 60.2 Å². The SMILES string of the molecule is OB(O)c1ccc(F)cc1.OB(O)c1cccc(F)c1. The minimum atomic E-state index is -1.59. The summed E-state index contributed by atoms with van der Waals surface area (Å²) < 4.78 is 24.5. The van der Waals surface area contributed by atoms with Gasteiger partial charge in [0.25, 0.3) is 0 Å². The molecule has 0 bridgehead atoms. The van der Waals surface area contributed by atoms with Crippen LogP contribution in [-0.2, 0) is 0 Å². The first-order valence-electron chi connectivity index (χ1n) is 5.63. The van der Waals surface area contributed by atoms with Crippen LogP contribution in [0.3, 0.4) is 0 Å². The fourth-order valence-corrected chi connectivity index (χ4v) is 1.30. The summed E-state index contributed by atoms with van der Waals surface area (Å²) in [6, 6.07) is 10.2. The highest BCUT2D eigenvalue weighted by atomic mass is 19.1. The molecule has 0 aliphatic heterocycles. The van der Waals surface area contributed by atoms with Gasteiger partial charge in [0.2, 0.25) is 0 Å². The van der Waals surface area contributed by atoms with Gasteiger partial charge in [0.05, 0.1) is 0 Å².